The van der Waals surface area contributed by atoms with E-state index in [0.717, 1.165) is 12.0 Å². The number of hydrogen-bond acceptors (Lipinski definition) is 5. The molecular weight excluding hydrogens is 352 g/mol. The average Bonchev–Trinajstić information content (AvgIpc) is 3.17. The van der Waals surface area contributed by atoms with E-state index in [-0.39, 0.29) is 16.5 Å². The second-order valence-corrected chi connectivity index (χ2v) is 7.85. The number of nitriles is 1. The molecule has 1 fully saturated rings. The third-order valence-corrected chi connectivity index (χ3v) is 6.56. The molecule has 7 heteroatoms. The van der Waals surface area contributed by atoms with Crippen molar-refractivity contribution in [1.29, 1.82) is 5.26 Å². The topological polar surface area (TPSA) is 79.6 Å². The fourth-order valence-electron chi connectivity index (χ4n) is 3.34. The number of nitrogens with zero attached hydrogens (tertiary/aromatic N) is 2. The molecule has 1 atom stereocenters. The highest BCUT2D eigenvalue weighted by Gasteiger charge is 2.38. The Balaban J connectivity index is 2.05. The van der Waals surface area contributed by atoms with Gasteiger partial charge in [0.1, 0.15) is 17.6 Å². The Bertz CT molecular complexity index is 950. The van der Waals surface area contributed by atoms with Crippen LogP contribution in [0.1, 0.15) is 30.0 Å². The average molecular weight is 372 g/mol. The molecule has 2 aromatic carbocycles. The van der Waals surface area contributed by atoms with Gasteiger partial charge < -0.3 is 9.47 Å². The molecule has 26 heavy (non-hydrogen) atoms. The molecule has 0 N–H and O–H groups in total. The van der Waals surface area contributed by atoms with Crippen molar-refractivity contribution in [2.24, 2.45) is 0 Å². The Morgan fingerprint density at radius 2 is 1.92 bits per heavy atom. The van der Waals surface area contributed by atoms with Crippen LogP contribution in [0.15, 0.2) is 47.4 Å². The molecule has 3 rings (SSSR count). The zero-order valence-electron chi connectivity index (χ0n) is 14.7. The van der Waals surface area contributed by atoms with E-state index >= 15 is 0 Å². The fraction of sp³-hybridized carbons (Fsp3) is 0.316. The van der Waals surface area contributed by atoms with E-state index in [0.29, 0.717) is 24.5 Å². The van der Waals surface area contributed by atoms with Crippen LogP contribution in [0.4, 0.5) is 0 Å². The minimum Gasteiger partial charge on any atom is -0.497 e. The van der Waals surface area contributed by atoms with Crippen LogP contribution in [0.25, 0.3) is 0 Å². The van der Waals surface area contributed by atoms with Crippen molar-refractivity contribution >= 4 is 10.0 Å². The van der Waals surface area contributed by atoms with E-state index in [1.807, 2.05) is 12.1 Å². The van der Waals surface area contributed by atoms with Crippen LogP contribution in [0, 0.1) is 11.3 Å². The van der Waals surface area contributed by atoms with Gasteiger partial charge in [-0.15, -0.1) is 0 Å². The highest BCUT2D eigenvalue weighted by Crippen LogP contribution is 2.41. The highest BCUT2D eigenvalue weighted by atomic mass is 32.2. The van der Waals surface area contributed by atoms with Crippen molar-refractivity contribution in [2.45, 2.75) is 23.8 Å². The summed E-state index contributed by atoms with van der Waals surface area (Å²) in [6, 6.07) is 13.3. The van der Waals surface area contributed by atoms with Crippen LogP contribution < -0.4 is 9.47 Å². The lowest BCUT2D eigenvalue weighted by atomic mass is 10.0. The smallest absolute Gasteiger partial charge is 0.244 e. The second kappa shape index (κ2) is 7.36. The van der Waals surface area contributed by atoms with Gasteiger partial charge in [0.2, 0.25) is 10.0 Å². The lowest BCUT2D eigenvalue weighted by Gasteiger charge is -2.26. The van der Waals surface area contributed by atoms with Gasteiger partial charge in [0.15, 0.2) is 0 Å². The molecule has 1 aliphatic rings. The summed E-state index contributed by atoms with van der Waals surface area (Å²) < 4.78 is 38.6. The van der Waals surface area contributed by atoms with Gasteiger partial charge in [-0.1, -0.05) is 18.2 Å². The molecule has 0 spiro atoms. The largest absolute Gasteiger partial charge is 0.497 e. The molecule has 0 unspecified atom stereocenters. The van der Waals surface area contributed by atoms with Crippen molar-refractivity contribution in [3.63, 3.8) is 0 Å². The molecule has 0 aromatic heterocycles. The third-order valence-electron chi connectivity index (χ3n) is 4.60. The third kappa shape index (κ3) is 3.14. The van der Waals surface area contributed by atoms with E-state index in [9.17, 15) is 13.7 Å². The number of benzene rings is 2. The van der Waals surface area contributed by atoms with E-state index in [4.69, 9.17) is 9.47 Å². The number of ether oxygens (including phenoxy) is 2. The summed E-state index contributed by atoms with van der Waals surface area (Å²) in [6.07, 6.45) is 1.43. The summed E-state index contributed by atoms with van der Waals surface area (Å²) in [7, 11) is -0.674. The van der Waals surface area contributed by atoms with Crippen LogP contribution in [-0.4, -0.2) is 33.5 Å². The Morgan fingerprint density at radius 3 is 2.62 bits per heavy atom. The minimum absolute atomic E-state index is 0.0434. The molecule has 0 bridgehead atoms. The van der Waals surface area contributed by atoms with Crippen LogP contribution in [0.5, 0.6) is 11.5 Å². The maximum absolute atomic E-state index is 13.2. The first-order valence-electron chi connectivity index (χ1n) is 8.26. The summed E-state index contributed by atoms with van der Waals surface area (Å²) in [6.45, 7) is 0.405. The minimum atomic E-state index is -3.80. The molecule has 6 nitrogen and oxygen atoms in total. The van der Waals surface area contributed by atoms with E-state index in [1.54, 1.807) is 38.5 Å². The summed E-state index contributed by atoms with van der Waals surface area (Å²) in [5.74, 6) is 1.23. The molecule has 1 heterocycles. The van der Waals surface area contributed by atoms with Gasteiger partial charge in [-0.2, -0.15) is 9.57 Å². The van der Waals surface area contributed by atoms with E-state index < -0.39 is 10.0 Å². The van der Waals surface area contributed by atoms with Gasteiger partial charge in [-0.25, -0.2) is 8.42 Å². The van der Waals surface area contributed by atoms with Gasteiger partial charge in [-0.3, -0.25) is 0 Å². The molecule has 0 radical (unpaired) electrons. The van der Waals surface area contributed by atoms with Crippen molar-refractivity contribution < 1.29 is 17.9 Å². The zero-order chi connectivity index (χ0) is 18.7. The summed E-state index contributed by atoms with van der Waals surface area (Å²) in [5.41, 5.74) is 0.948. The number of sulfonamides is 1. The predicted molar refractivity (Wildman–Crippen MR) is 96.6 cm³/mol. The molecule has 0 aliphatic carbocycles. The maximum atomic E-state index is 13.2. The van der Waals surface area contributed by atoms with Gasteiger partial charge in [-0.05, 0) is 31.0 Å². The Morgan fingerprint density at radius 1 is 1.15 bits per heavy atom. The van der Waals surface area contributed by atoms with Crippen molar-refractivity contribution in [2.75, 3.05) is 20.8 Å². The molecule has 0 amide bonds. The first-order valence-corrected chi connectivity index (χ1v) is 9.70. The fourth-order valence-corrected chi connectivity index (χ4v) is 5.16. The summed E-state index contributed by atoms with van der Waals surface area (Å²) in [4.78, 5) is 0.0434. The monoisotopic (exact) mass is 372 g/mol. The van der Waals surface area contributed by atoms with Gasteiger partial charge >= 0.3 is 0 Å². The quantitative estimate of drug-likeness (QED) is 0.806. The van der Waals surface area contributed by atoms with Gasteiger partial charge in [0, 0.05) is 18.2 Å². The Hall–Kier alpha value is -2.56. The zero-order valence-corrected chi connectivity index (χ0v) is 15.5. The van der Waals surface area contributed by atoms with Gasteiger partial charge in [0.05, 0.1) is 30.7 Å². The van der Waals surface area contributed by atoms with E-state index in [1.165, 1.54) is 16.4 Å². The molecule has 1 saturated heterocycles. The van der Waals surface area contributed by atoms with Gasteiger partial charge in [0.25, 0.3) is 0 Å². The Kier molecular flexibility index (Phi) is 5.16. The summed E-state index contributed by atoms with van der Waals surface area (Å²) in [5, 5.41) is 9.28. The standard InChI is InChI=1S/C19H20N2O4S/c1-24-15-9-10-16(18(12-15)25-2)17-7-5-11-21(17)26(22,23)19-8-4-3-6-14(19)13-20/h3-4,6,8-10,12,17H,5,7,11H2,1-2H3/t17-/m1/s1. The molecular formula is C19H20N2O4S. The Labute approximate surface area is 153 Å². The van der Waals surface area contributed by atoms with Crippen molar-refractivity contribution in [3.05, 3.63) is 53.6 Å². The number of hydrogen-bond donors (Lipinski definition) is 0. The van der Waals surface area contributed by atoms with Crippen LogP contribution in [0.3, 0.4) is 0 Å². The molecule has 0 saturated carbocycles. The van der Waals surface area contributed by atoms with Crippen molar-refractivity contribution in [3.8, 4) is 17.6 Å². The maximum Gasteiger partial charge on any atom is 0.244 e. The molecule has 2 aromatic rings. The predicted octanol–water partition coefficient (Wildman–Crippen LogP) is 3.10. The highest BCUT2D eigenvalue weighted by molar-refractivity contribution is 7.89. The van der Waals surface area contributed by atoms with Crippen LogP contribution >= 0.6 is 0 Å². The second-order valence-electron chi connectivity index (χ2n) is 5.99. The number of methoxy groups -OCH3 is 2. The lowest BCUT2D eigenvalue weighted by Crippen LogP contribution is -2.31. The van der Waals surface area contributed by atoms with Crippen LogP contribution in [-0.2, 0) is 10.0 Å². The normalized spacial score (nSPS) is 17.7. The first-order chi connectivity index (χ1) is 12.5. The SMILES string of the molecule is COc1ccc([C@H]2CCCN2S(=O)(=O)c2ccccc2C#N)c(OC)c1. The molecule has 1 aliphatic heterocycles. The van der Waals surface area contributed by atoms with Crippen LogP contribution in [0.2, 0.25) is 0 Å². The van der Waals surface area contributed by atoms with E-state index in [2.05, 4.69) is 0 Å². The first kappa shape index (κ1) is 18.2. The number of rotatable bonds is 5. The molecule has 136 valence electrons. The van der Waals surface area contributed by atoms with Crippen molar-refractivity contribution in [1.82, 2.24) is 4.31 Å². The summed E-state index contributed by atoms with van der Waals surface area (Å²) >= 11 is 0. The lowest BCUT2D eigenvalue weighted by molar-refractivity contribution is 0.361.